The highest BCUT2D eigenvalue weighted by Crippen LogP contribution is 2.48. The molecule has 0 amide bonds. The topological polar surface area (TPSA) is 132 Å². The molecule has 0 unspecified atom stereocenters. The van der Waals surface area contributed by atoms with Gasteiger partial charge in [-0.1, -0.05) is 81.0 Å². The number of anilines is 1. The molecule has 0 spiro atoms. The van der Waals surface area contributed by atoms with E-state index < -0.39 is 21.5 Å². The maximum Gasteiger partial charge on any atom is 0.303 e. The van der Waals surface area contributed by atoms with Gasteiger partial charge in [0, 0.05) is 61.2 Å². The highest BCUT2D eigenvalue weighted by molar-refractivity contribution is 7.85. The van der Waals surface area contributed by atoms with Crippen molar-refractivity contribution in [2.75, 3.05) is 52.0 Å². The maximum absolute atomic E-state index is 11.9. The molecule has 0 fully saturated rings. The third-order valence-corrected chi connectivity index (χ3v) is 11.0. The summed E-state index contributed by atoms with van der Waals surface area (Å²) in [5.41, 5.74) is 6.23. The lowest BCUT2D eigenvalue weighted by Gasteiger charge is -2.27. The number of hydrogen-bond acceptors (Lipinski definition) is 8. The Morgan fingerprint density at radius 2 is 1.61 bits per heavy atom. The van der Waals surface area contributed by atoms with Crippen molar-refractivity contribution in [1.29, 1.82) is 0 Å². The second-order valence-corrected chi connectivity index (χ2v) is 15.7. The van der Waals surface area contributed by atoms with Crippen molar-refractivity contribution in [3.8, 4) is 22.5 Å². The number of fused-ring (bicyclic) bond motifs is 2. The average molecular weight is 781 g/mol. The minimum Gasteiger partial charge on any atom is -0.744 e. The van der Waals surface area contributed by atoms with E-state index in [9.17, 15) is 17.8 Å². The first-order valence-electron chi connectivity index (χ1n) is 18.9. The molecule has 0 atom stereocenters. The second-order valence-electron chi connectivity index (χ2n) is 14.3. The molecular formula is C45H52N2O8S. The van der Waals surface area contributed by atoms with E-state index in [4.69, 9.17) is 19.0 Å². The fourth-order valence-electron chi connectivity index (χ4n) is 7.18. The predicted octanol–water partition coefficient (Wildman–Crippen LogP) is 7.78. The first kappa shape index (κ1) is 42.1. The summed E-state index contributed by atoms with van der Waals surface area (Å²) in [6, 6.07) is 21.2. The van der Waals surface area contributed by atoms with E-state index in [-0.39, 0.29) is 11.3 Å². The molecule has 5 rings (SSSR count). The Hall–Kier alpha value is -5.07. The molecule has 2 aromatic carbocycles. The molecule has 0 saturated heterocycles. The zero-order valence-corrected chi connectivity index (χ0v) is 33.7. The Morgan fingerprint density at radius 1 is 0.911 bits per heavy atom. The standard InChI is InChI=1S/C45H52N2O8S/c1-33-40(55-41-31-35(46(27-29-53-4)28-30-54-5)22-24-37(41)44(33)34-17-11-9-12-18-34)19-13-7-6-8-14-20-42-45(2,3)38-32-36(56(50,51)52)23-25-39(38)47(42)26-16-10-15-21-43(48)49/h6-9,11-14,17-20,22-25,31-32H,10,15-16,21,26-30H2,1-5H3,(H-,48,49,50,51,52). The molecule has 0 saturated carbocycles. The minimum absolute atomic E-state index is 0.117. The molecule has 56 heavy (non-hydrogen) atoms. The second kappa shape index (κ2) is 19.2. The van der Waals surface area contributed by atoms with Gasteiger partial charge in [-0.15, -0.1) is 0 Å². The van der Waals surface area contributed by atoms with Crippen LogP contribution in [0, 0.1) is 6.92 Å². The van der Waals surface area contributed by atoms with Crippen LogP contribution in [0.2, 0.25) is 0 Å². The summed E-state index contributed by atoms with van der Waals surface area (Å²) >= 11 is 0. The summed E-state index contributed by atoms with van der Waals surface area (Å²) in [6.07, 6.45) is 15.8. The lowest BCUT2D eigenvalue weighted by Crippen LogP contribution is -2.35. The number of carboxylic acid groups (broad SMARTS) is 1. The quantitative estimate of drug-likeness (QED) is 0.0465. The van der Waals surface area contributed by atoms with Crippen LogP contribution in [0.1, 0.15) is 56.4 Å². The van der Waals surface area contributed by atoms with E-state index in [1.165, 1.54) is 12.1 Å². The minimum atomic E-state index is -4.62. The zero-order valence-electron chi connectivity index (χ0n) is 32.9. The highest BCUT2D eigenvalue weighted by Gasteiger charge is 2.40. The molecule has 2 aromatic rings. The molecule has 0 aromatic heterocycles. The first-order valence-corrected chi connectivity index (χ1v) is 20.3. The SMILES string of the molecule is COCC[N+](CCOC)=c1ccc2c(-c3ccccc3)c(C)c(/C=C/C=C/C=C/C=C3/N(CCCCCC(=O)O)c4ccc(S(=O)(=O)[O-])cc4C3(C)C)oc-2c1. The Labute approximate surface area is 330 Å². The van der Waals surface area contributed by atoms with E-state index in [0.29, 0.717) is 39.3 Å². The summed E-state index contributed by atoms with van der Waals surface area (Å²) in [7, 11) is -1.23. The molecule has 2 heterocycles. The molecule has 296 valence electrons. The molecule has 0 bridgehead atoms. The third kappa shape index (κ3) is 10.2. The first-order chi connectivity index (χ1) is 26.9. The summed E-state index contributed by atoms with van der Waals surface area (Å²) in [6.45, 7) is 9.32. The molecule has 1 N–H and O–H groups in total. The predicted molar refractivity (Wildman–Crippen MR) is 221 cm³/mol. The summed E-state index contributed by atoms with van der Waals surface area (Å²) < 4.78 is 55.2. The molecule has 10 nitrogen and oxygen atoms in total. The van der Waals surface area contributed by atoms with Gasteiger partial charge >= 0.3 is 5.97 Å². The van der Waals surface area contributed by atoms with Crippen LogP contribution in [-0.2, 0) is 29.8 Å². The van der Waals surface area contributed by atoms with Crippen molar-refractivity contribution in [2.45, 2.75) is 56.8 Å². The van der Waals surface area contributed by atoms with Crippen molar-refractivity contribution in [2.24, 2.45) is 0 Å². The van der Waals surface area contributed by atoms with Crippen molar-refractivity contribution in [3.63, 3.8) is 0 Å². The van der Waals surface area contributed by atoms with Gasteiger partial charge in [-0.05, 0) is 72.9 Å². The van der Waals surface area contributed by atoms with E-state index in [0.717, 1.165) is 68.9 Å². The van der Waals surface area contributed by atoms with Crippen LogP contribution >= 0.6 is 0 Å². The van der Waals surface area contributed by atoms with Crippen LogP contribution in [0.5, 0.6) is 0 Å². The number of carbonyl (C=O) groups is 1. The number of unbranched alkanes of at least 4 members (excludes halogenated alkanes) is 2. The van der Waals surface area contributed by atoms with Crippen molar-refractivity contribution < 1.29 is 36.8 Å². The number of carboxylic acids is 1. The molecule has 1 aliphatic carbocycles. The van der Waals surface area contributed by atoms with Crippen molar-refractivity contribution in [1.82, 2.24) is 4.58 Å². The number of rotatable bonds is 18. The molecule has 0 radical (unpaired) electrons. The molecule has 2 aliphatic heterocycles. The normalized spacial score (nSPS) is 14.9. The van der Waals surface area contributed by atoms with Crippen LogP contribution in [0.25, 0.3) is 28.5 Å². The molecular weight excluding hydrogens is 729 g/mol. The lowest BCUT2D eigenvalue weighted by molar-refractivity contribution is -0.137. The Bertz CT molecular complexity index is 2260. The third-order valence-electron chi connectivity index (χ3n) is 10.1. The smallest absolute Gasteiger partial charge is 0.303 e. The van der Waals surface area contributed by atoms with Gasteiger partial charge in [0.1, 0.15) is 34.9 Å². The van der Waals surface area contributed by atoms with E-state index in [1.807, 2.05) is 74.6 Å². The van der Waals surface area contributed by atoms with E-state index in [2.05, 4.69) is 46.7 Å². The summed E-state index contributed by atoms with van der Waals surface area (Å²) in [4.78, 5) is 12.9. The number of methoxy groups -OCH3 is 2. The zero-order chi connectivity index (χ0) is 40.3. The molecule has 11 heteroatoms. The van der Waals surface area contributed by atoms with Gasteiger partial charge in [0.05, 0.1) is 11.0 Å². The lowest BCUT2D eigenvalue weighted by atomic mass is 9.83. The van der Waals surface area contributed by atoms with Crippen LogP contribution in [0.3, 0.4) is 0 Å². The summed E-state index contributed by atoms with van der Waals surface area (Å²) in [5, 5.41) is 10.1. The van der Waals surface area contributed by atoms with Gasteiger partial charge in [0.15, 0.2) is 13.1 Å². The van der Waals surface area contributed by atoms with Gasteiger partial charge in [-0.3, -0.25) is 4.79 Å². The van der Waals surface area contributed by atoms with Crippen molar-refractivity contribution in [3.05, 3.63) is 131 Å². The maximum atomic E-state index is 11.9. The van der Waals surface area contributed by atoms with Crippen LogP contribution in [-0.4, -0.2) is 71.1 Å². The Kier molecular flexibility index (Phi) is 14.4. The fraction of sp³-hybridized carbons (Fsp3) is 0.333. The summed E-state index contributed by atoms with van der Waals surface area (Å²) in [5.74, 6) is 0.701. The van der Waals surface area contributed by atoms with Gasteiger partial charge in [-0.25, -0.2) is 13.0 Å². The van der Waals surface area contributed by atoms with Gasteiger partial charge < -0.3 is 28.5 Å². The number of aliphatic carboxylic acids is 1. The van der Waals surface area contributed by atoms with Gasteiger partial charge in [0.25, 0.3) is 0 Å². The average Bonchev–Trinajstić information content (AvgIpc) is 3.38. The number of benzene rings is 3. The monoisotopic (exact) mass is 780 g/mol. The Balaban J connectivity index is 1.43. The fourth-order valence-corrected chi connectivity index (χ4v) is 7.68. The van der Waals surface area contributed by atoms with Crippen molar-refractivity contribution >= 4 is 27.9 Å². The van der Waals surface area contributed by atoms with E-state index in [1.54, 1.807) is 20.3 Å². The molecule has 3 aliphatic rings. The Morgan fingerprint density at radius 3 is 2.29 bits per heavy atom. The number of allylic oxidation sites excluding steroid dienone is 7. The number of nitrogens with zero attached hydrogens (tertiary/aromatic N) is 2. The van der Waals surface area contributed by atoms with Crippen LogP contribution < -0.4 is 14.8 Å². The van der Waals surface area contributed by atoms with Gasteiger partial charge in [-0.2, -0.15) is 0 Å². The largest absolute Gasteiger partial charge is 0.744 e. The number of hydrogen-bond donors (Lipinski definition) is 1. The van der Waals surface area contributed by atoms with E-state index >= 15 is 0 Å². The van der Waals surface area contributed by atoms with Crippen LogP contribution in [0.15, 0.2) is 118 Å². The van der Waals surface area contributed by atoms with Crippen LogP contribution in [0.4, 0.5) is 5.69 Å². The number of ether oxygens (including phenoxy) is 2. The highest BCUT2D eigenvalue weighted by atomic mass is 32.2. The van der Waals surface area contributed by atoms with Gasteiger partial charge in [0.2, 0.25) is 5.36 Å².